The molecular formula is C12H19N3. The van der Waals surface area contributed by atoms with Gasteiger partial charge in [-0.15, -0.1) is 0 Å². The summed E-state index contributed by atoms with van der Waals surface area (Å²) >= 11 is 0. The van der Waals surface area contributed by atoms with Gasteiger partial charge in [-0.1, -0.05) is 32.0 Å². The van der Waals surface area contributed by atoms with Crippen LogP contribution < -0.4 is 5.12 Å². The summed E-state index contributed by atoms with van der Waals surface area (Å²) < 4.78 is 0. The minimum absolute atomic E-state index is 0.954. The highest BCUT2D eigenvalue weighted by molar-refractivity contribution is 5.59. The second-order valence-corrected chi connectivity index (χ2v) is 2.59. The van der Waals surface area contributed by atoms with Crippen molar-refractivity contribution >= 4 is 18.6 Å². The van der Waals surface area contributed by atoms with Crippen molar-refractivity contribution in [1.29, 1.82) is 0 Å². The fourth-order valence-corrected chi connectivity index (χ4v) is 1.07. The molecule has 0 fully saturated rings. The lowest BCUT2D eigenvalue weighted by Gasteiger charge is -2.13. The summed E-state index contributed by atoms with van der Waals surface area (Å²) in [6.07, 6.45) is 1.68. The summed E-state index contributed by atoms with van der Waals surface area (Å²) in [5.74, 6) is 0. The highest BCUT2D eigenvalue weighted by Crippen LogP contribution is 2.19. The van der Waals surface area contributed by atoms with E-state index in [1.165, 1.54) is 5.12 Å². The lowest BCUT2D eigenvalue weighted by Crippen LogP contribution is -2.07. The highest BCUT2D eigenvalue weighted by Gasteiger charge is 2.02. The Balaban J connectivity index is 0.000000921. The Morgan fingerprint density at radius 2 is 1.87 bits per heavy atom. The summed E-state index contributed by atoms with van der Waals surface area (Å²) in [6, 6.07) is 7.90. The second kappa shape index (κ2) is 7.74. The summed E-state index contributed by atoms with van der Waals surface area (Å²) in [5.41, 5.74) is 2.08. The molecule has 3 heteroatoms. The predicted molar refractivity (Wildman–Crippen MR) is 68.7 cm³/mol. The molecule has 1 rings (SSSR count). The van der Waals surface area contributed by atoms with Crippen molar-refractivity contribution in [2.45, 2.75) is 27.7 Å². The minimum atomic E-state index is 0.954. The van der Waals surface area contributed by atoms with Gasteiger partial charge in [-0.25, -0.2) is 0 Å². The van der Waals surface area contributed by atoms with Gasteiger partial charge < -0.3 is 0 Å². The van der Waals surface area contributed by atoms with Crippen LogP contribution in [0.1, 0.15) is 26.3 Å². The summed E-state index contributed by atoms with van der Waals surface area (Å²) in [7, 11) is 0. The van der Waals surface area contributed by atoms with E-state index in [2.05, 4.69) is 16.9 Å². The van der Waals surface area contributed by atoms with Gasteiger partial charge >= 0.3 is 0 Å². The van der Waals surface area contributed by atoms with Gasteiger partial charge in [0.1, 0.15) is 0 Å². The van der Waals surface area contributed by atoms with Gasteiger partial charge in [0.15, 0.2) is 0 Å². The lowest BCUT2D eigenvalue weighted by molar-refractivity contribution is 0.933. The number of hydrogen-bond donors (Lipinski definition) is 0. The average molecular weight is 205 g/mol. The molecule has 82 valence electrons. The average Bonchev–Trinajstić information content (AvgIpc) is 2.30. The van der Waals surface area contributed by atoms with Crippen LogP contribution in [0.25, 0.3) is 0 Å². The number of benzene rings is 1. The summed E-state index contributed by atoms with van der Waals surface area (Å²) in [5, 5.41) is 9.36. The molecule has 0 aliphatic carbocycles. The first-order chi connectivity index (χ1) is 7.29. The zero-order valence-electron chi connectivity index (χ0n) is 9.94. The van der Waals surface area contributed by atoms with Gasteiger partial charge in [0, 0.05) is 12.9 Å². The van der Waals surface area contributed by atoms with Crippen LogP contribution >= 0.6 is 0 Å². The number of rotatable bonds is 3. The molecule has 3 nitrogen and oxygen atoms in total. The largest absolute Gasteiger partial charge is 0.167 e. The molecule has 0 amide bonds. The number of anilines is 1. The molecule has 0 atom stereocenters. The van der Waals surface area contributed by atoms with E-state index in [0.717, 1.165) is 11.3 Å². The molecule has 0 heterocycles. The fraction of sp³-hybridized carbons (Fsp3) is 0.333. The van der Waals surface area contributed by atoms with Gasteiger partial charge in [0.05, 0.1) is 5.69 Å². The van der Waals surface area contributed by atoms with Crippen molar-refractivity contribution in [3.8, 4) is 0 Å². The van der Waals surface area contributed by atoms with Crippen LogP contribution in [0.15, 0.2) is 34.5 Å². The standard InChI is InChI=1S/C10H13N3.C2H6/c1-4-12-13(11-3)10-8-6-5-7-9(10)2;1-2/h4-8H,3H2,1-2H3;1-2H3/b12-4-;. The van der Waals surface area contributed by atoms with Crippen molar-refractivity contribution in [2.75, 3.05) is 5.12 Å². The molecule has 1 aromatic rings. The maximum Gasteiger partial charge on any atom is 0.0885 e. The molecule has 0 radical (unpaired) electrons. The normalized spacial score (nSPS) is 9.33. The molecule has 15 heavy (non-hydrogen) atoms. The third-order valence-corrected chi connectivity index (χ3v) is 1.69. The van der Waals surface area contributed by atoms with Crippen LogP contribution in [0, 0.1) is 6.92 Å². The van der Waals surface area contributed by atoms with Crippen molar-refractivity contribution in [1.82, 2.24) is 0 Å². The van der Waals surface area contributed by atoms with Crippen molar-refractivity contribution in [3.05, 3.63) is 29.8 Å². The Bertz CT molecular complexity index is 318. The minimum Gasteiger partial charge on any atom is -0.167 e. The Hall–Kier alpha value is -1.64. The van der Waals surface area contributed by atoms with E-state index in [1.807, 2.05) is 52.0 Å². The van der Waals surface area contributed by atoms with Crippen LogP contribution in [0.4, 0.5) is 5.69 Å². The third-order valence-electron chi connectivity index (χ3n) is 1.69. The van der Waals surface area contributed by atoms with E-state index >= 15 is 0 Å². The summed E-state index contributed by atoms with van der Waals surface area (Å²) in [6.45, 7) is 11.3. The maximum atomic E-state index is 4.05. The van der Waals surface area contributed by atoms with E-state index in [-0.39, 0.29) is 0 Å². The highest BCUT2D eigenvalue weighted by atomic mass is 15.7. The monoisotopic (exact) mass is 205 g/mol. The first kappa shape index (κ1) is 13.4. The maximum absolute atomic E-state index is 4.05. The Morgan fingerprint density at radius 3 is 2.33 bits per heavy atom. The zero-order valence-corrected chi connectivity index (χ0v) is 9.94. The van der Waals surface area contributed by atoms with Gasteiger partial charge in [-0.3, -0.25) is 0 Å². The Morgan fingerprint density at radius 1 is 1.27 bits per heavy atom. The molecule has 0 spiro atoms. The van der Waals surface area contributed by atoms with Crippen LogP contribution in [0.3, 0.4) is 0 Å². The van der Waals surface area contributed by atoms with Crippen LogP contribution in [-0.4, -0.2) is 12.9 Å². The molecule has 0 saturated carbocycles. The number of nitrogens with zero attached hydrogens (tertiary/aromatic N) is 3. The van der Waals surface area contributed by atoms with E-state index in [0.29, 0.717) is 0 Å². The molecule has 0 saturated heterocycles. The zero-order chi connectivity index (χ0) is 11.7. The number of para-hydroxylation sites is 1. The van der Waals surface area contributed by atoms with E-state index < -0.39 is 0 Å². The van der Waals surface area contributed by atoms with Crippen molar-refractivity contribution in [2.24, 2.45) is 10.2 Å². The number of aryl methyl sites for hydroxylation is 1. The SMILES string of the molecule is C=NN(/N=C\C)c1ccccc1C.CC. The Labute approximate surface area is 92.1 Å². The quantitative estimate of drug-likeness (QED) is 0.548. The molecule has 0 unspecified atom stereocenters. The lowest BCUT2D eigenvalue weighted by atomic mass is 10.2. The molecule has 0 aromatic heterocycles. The third kappa shape index (κ3) is 3.94. The van der Waals surface area contributed by atoms with E-state index in [1.54, 1.807) is 6.21 Å². The van der Waals surface area contributed by atoms with E-state index in [4.69, 9.17) is 0 Å². The molecule has 0 aliphatic heterocycles. The summed E-state index contributed by atoms with van der Waals surface area (Å²) in [4.78, 5) is 0. The molecule has 0 aliphatic rings. The first-order valence-electron chi connectivity index (χ1n) is 5.10. The molecule has 0 bridgehead atoms. The van der Waals surface area contributed by atoms with Crippen molar-refractivity contribution in [3.63, 3.8) is 0 Å². The fourth-order valence-electron chi connectivity index (χ4n) is 1.07. The van der Waals surface area contributed by atoms with Crippen LogP contribution in [0.2, 0.25) is 0 Å². The molecular weight excluding hydrogens is 186 g/mol. The van der Waals surface area contributed by atoms with Crippen molar-refractivity contribution < 1.29 is 0 Å². The predicted octanol–water partition coefficient (Wildman–Crippen LogP) is 3.45. The smallest absolute Gasteiger partial charge is 0.0885 e. The second-order valence-electron chi connectivity index (χ2n) is 2.59. The number of hydrogen-bond acceptors (Lipinski definition) is 3. The van der Waals surface area contributed by atoms with Crippen LogP contribution in [-0.2, 0) is 0 Å². The topological polar surface area (TPSA) is 28.0 Å². The Kier molecular flexibility index (Phi) is 6.89. The molecule has 0 N–H and O–H groups in total. The van der Waals surface area contributed by atoms with E-state index in [9.17, 15) is 0 Å². The van der Waals surface area contributed by atoms with Gasteiger partial charge in [0.25, 0.3) is 0 Å². The molecule has 1 aromatic carbocycles. The van der Waals surface area contributed by atoms with Gasteiger partial charge in [-0.05, 0) is 25.5 Å². The van der Waals surface area contributed by atoms with Gasteiger partial charge in [0.2, 0.25) is 0 Å². The van der Waals surface area contributed by atoms with Gasteiger partial charge in [-0.2, -0.15) is 15.3 Å². The van der Waals surface area contributed by atoms with Crippen LogP contribution in [0.5, 0.6) is 0 Å². The first-order valence-corrected chi connectivity index (χ1v) is 5.10. The number of hydrazone groups is 2.